The van der Waals surface area contributed by atoms with Gasteiger partial charge in [-0.3, -0.25) is 9.59 Å². The smallest absolute Gasteiger partial charge is 0.227 e. The van der Waals surface area contributed by atoms with Crippen LogP contribution in [0, 0.1) is 0 Å². The Kier molecular flexibility index (Phi) is 6.33. The van der Waals surface area contributed by atoms with Crippen LogP contribution in [-0.4, -0.2) is 34.6 Å². The largest absolute Gasteiger partial charge is 0.502 e. The fraction of sp³-hybridized carbons (Fsp3) is 0.238. The van der Waals surface area contributed by atoms with E-state index in [0.29, 0.717) is 5.75 Å². The number of ether oxygens (including phenoxy) is 2. The lowest BCUT2D eigenvalue weighted by atomic mass is 9.91. The standard InChI is InChI=1S/C21H20O10/c1-28-10-3-4-13(16(7-10)29-2)17(20-18(26)14(24)5-11(8-22)30-20)21-19(27)15(25)6-12(9-23)31-21/h3-7,17,22-23,26-27H,8-9H2,1-2H3. The molecule has 3 aromatic rings. The average molecular weight is 432 g/mol. The van der Waals surface area contributed by atoms with E-state index in [1.807, 2.05) is 0 Å². The van der Waals surface area contributed by atoms with Gasteiger partial charge in [0.15, 0.2) is 11.5 Å². The van der Waals surface area contributed by atoms with Gasteiger partial charge in [-0.2, -0.15) is 0 Å². The van der Waals surface area contributed by atoms with Crippen molar-refractivity contribution in [3.05, 3.63) is 79.4 Å². The Bertz CT molecular complexity index is 1140. The Labute approximate surface area is 175 Å². The lowest BCUT2D eigenvalue weighted by Gasteiger charge is -2.21. The van der Waals surface area contributed by atoms with Crippen LogP contribution in [-0.2, 0) is 13.2 Å². The molecule has 0 radical (unpaired) electrons. The van der Waals surface area contributed by atoms with Gasteiger partial charge in [0.05, 0.1) is 14.2 Å². The molecule has 0 aliphatic rings. The van der Waals surface area contributed by atoms with Gasteiger partial charge in [0, 0.05) is 23.8 Å². The summed E-state index contributed by atoms with van der Waals surface area (Å²) in [6.07, 6.45) is 0. The van der Waals surface area contributed by atoms with E-state index in [9.17, 15) is 30.0 Å². The maximum Gasteiger partial charge on any atom is 0.227 e. The van der Waals surface area contributed by atoms with E-state index in [1.165, 1.54) is 26.4 Å². The first kappa shape index (κ1) is 21.9. The molecule has 0 aliphatic heterocycles. The van der Waals surface area contributed by atoms with Crippen molar-refractivity contribution >= 4 is 0 Å². The maximum atomic E-state index is 12.2. The molecule has 3 rings (SSSR count). The minimum Gasteiger partial charge on any atom is -0.502 e. The Morgan fingerprint density at radius 1 is 0.839 bits per heavy atom. The number of hydrogen-bond acceptors (Lipinski definition) is 10. The molecule has 164 valence electrons. The molecule has 4 N–H and O–H groups in total. The normalized spacial score (nSPS) is 11.0. The monoisotopic (exact) mass is 432 g/mol. The zero-order valence-electron chi connectivity index (χ0n) is 16.6. The summed E-state index contributed by atoms with van der Waals surface area (Å²) in [5, 5.41) is 39.8. The molecule has 10 nitrogen and oxygen atoms in total. The molecule has 1 aromatic carbocycles. The summed E-state index contributed by atoms with van der Waals surface area (Å²) in [6.45, 7) is -1.30. The van der Waals surface area contributed by atoms with Gasteiger partial charge in [0.25, 0.3) is 0 Å². The van der Waals surface area contributed by atoms with Crippen molar-refractivity contribution in [2.24, 2.45) is 0 Å². The number of rotatable bonds is 7. The first-order valence-electron chi connectivity index (χ1n) is 9.00. The molecule has 0 bridgehead atoms. The van der Waals surface area contributed by atoms with E-state index < -0.39 is 53.0 Å². The van der Waals surface area contributed by atoms with Crippen LogP contribution in [0.15, 0.2) is 48.8 Å². The van der Waals surface area contributed by atoms with Gasteiger partial charge in [-0.1, -0.05) is 6.07 Å². The number of aliphatic hydroxyl groups excluding tert-OH is 2. The molecule has 0 saturated carbocycles. The van der Waals surface area contributed by atoms with Crippen molar-refractivity contribution < 1.29 is 38.7 Å². The SMILES string of the molecule is COc1ccc(C(c2oc(CO)cc(=O)c2O)c2oc(CO)cc(=O)c2O)c(OC)c1. The first-order valence-corrected chi connectivity index (χ1v) is 9.00. The summed E-state index contributed by atoms with van der Waals surface area (Å²) in [5.74, 6) is -3.55. The summed E-state index contributed by atoms with van der Waals surface area (Å²) in [7, 11) is 2.80. The highest BCUT2D eigenvalue weighted by Gasteiger charge is 2.33. The number of aliphatic hydroxyl groups is 2. The molecule has 0 amide bonds. The van der Waals surface area contributed by atoms with Gasteiger partial charge in [-0.15, -0.1) is 0 Å². The van der Waals surface area contributed by atoms with Gasteiger partial charge in [-0.05, 0) is 6.07 Å². The van der Waals surface area contributed by atoms with Crippen LogP contribution in [0.2, 0.25) is 0 Å². The maximum absolute atomic E-state index is 12.2. The fourth-order valence-corrected chi connectivity index (χ4v) is 3.12. The number of benzene rings is 1. The van der Waals surface area contributed by atoms with Gasteiger partial charge in [0.1, 0.15) is 42.2 Å². The van der Waals surface area contributed by atoms with Crippen molar-refractivity contribution in [2.45, 2.75) is 19.1 Å². The number of hydrogen-bond donors (Lipinski definition) is 4. The van der Waals surface area contributed by atoms with Crippen molar-refractivity contribution in [1.82, 2.24) is 0 Å². The van der Waals surface area contributed by atoms with E-state index >= 15 is 0 Å². The summed E-state index contributed by atoms with van der Waals surface area (Å²) >= 11 is 0. The Hall–Kier alpha value is -3.76. The number of methoxy groups -OCH3 is 2. The fourth-order valence-electron chi connectivity index (χ4n) is 3.12. The van der Waals surface area contributed by atoms with Crippen LogP contribution < -0.4 is 20.3 Å². The molecule has 0 saturated heterocycles. The van der Waals surface area contributed by atoms with Gasteiger partial charge < -0.3 is 38.7 Å². The highest BCUT2D eigenvalue weighted by atomic mass is 16.5. The van der Waals surface area contributed by atoms with Crippen LogP contribution in [0.3, 0.4) is 0 Å². The highest BCUT2D eigenvalue weighted by molar-refractivity contribution is 5.52. The van der Waals surface area contributed by atoms with Crippen LogP contribution in [0.5, 0.6) is 23.0 Å². The van der Waals surface area contributed by atoms with E-state index in [2.05, 4.69) is 0 Å². The van der Waals surface area contributed by atoms with Crippen molar-refractivity contribution in [3.8, 4) is 23.0 Å². The third-order valence-electron chi connectivity index (χ3n) is 4.59. The van der Waals surface area contributed by atoms with Crippen LogP contribution in [0.25, 0.3) is 0 Å². The summed E-state index contributed by atoms with van der Waals surface area (Å²) in [5.41, 5.74) is -1.49. The third-order valence-corrected chi connectivity index (χ3v) is 4.59. The van der Waals surface area contributed by atoms with E-state index in [-0.39, 0.29) is 22.8 Å². The number of aromatic hydroxyl groups is 2. The Balaban J connectivity index is 2.43. The molecular formula is C21H20O10. The molecule has 31 heavy (non-hydrogen) atoms. The summed E-state index contributed by atoms with van der Waals surface area (Å²) < 4.78 is 21.6. The van der Waals surface area contributed by atoms with Gasteiger partial charge in [-0.25, -0.2) is 0 Å². The first-order chi connectivity index (χ1) is 14.8. The molecule has 0 atom stereocenters. The molecule has 2 aromatic heterocycles. The second kappa shape index (κ2) is 8.94. The van der Waals surface area contributed by atoms with Crippen molar-refractivity contribution in [2.75, 3.05) is 14.2 Å². The topological polar surface area (TPSA) is 160 Å². The highest BCUT2D eigenvalue weighted by Crippen LogP contribution is 2.43. The summed E-state index contributed by atoms with van der Waals surface area (Å²) in [4.78, 5) is 24.5. The lowest BCUT2D eigenvalue weighted by Crippen LogP contribution is -2.15. The minimum absolute atomic E-state index is 0.171. The predicted molar refractivity (Wildman–Crippen MR) is 106 cm³/mol. The second-order valence-corrected chi connectivity index (χ2v) is 6.44. The van der Waals surface area contributed by atoms with E-state index in [4.69, 9.17) is 18.3 Å². The summed E-state index contributed by atoms with van der Waals surface area (Å²) in [6, 6.07) is 6.35. The van der Waals surface area contributed by atoms with E-state index in [1.54, 1.807) is 6.07 Å². The lowest BCUT2D eigenvalue weighted by molar-refractivity contribution is 0.224. The zero-order chi connectivity index (χ0) is 22.7. The predicted octanol–water partition coefficient (Wildman–Crippen LogP) is 1.19. The van der Waals surface area contributed by atoms with Gasteiger partial charge >= 0.3 is 0 Å². The van der Waals surface area contributed by atoms with Crippen LogP contribution in [0.1, 0.15) is 34.5 Å². The van der Waals surface area contributed by atoms with Gasteiger partial charge in [0.2, 0.25) is 22.4 Å². The minimum atomic E-state index is -1.36. The van der Waals surface area contributed by atoms with Crippen molar-refractivity contribution in [3.63, 3.8) is 0 Å². The average Bonchev–Trinajstić information content (AvgIpc) is 2.79. The van der Waals surface area contributed by atoms with E-state index in [0.717, 1.165) is 12.1 Å². The molecule has 0 fully saturated rings. The molecule has 0 aliphatic carbocycles. The van der Waals surface area contributed by atoms with Crippen molar-refractivity contribution in [1.29, 1.82) is 0 Å². The Morgan fingerprint density at radius 2 is 1.35 bits per heavy atom. The molecule has 0 spiro atoms. The molecule has 10 heteroatoms. The Morgan fingerprint density at radius 3 is 1.77 bits per heavy atom. The quantitative estimate of drug-likeness (QED) is 0.427. The zero-order valence-corrected chi connectivity index (χ0v) is 16.6. The molecule has 2 heterocycles. The molecular weight excluding hydrogens is 412 g/mol. The third kappa shape index (κ3) is 4.11. The second-order valence-electron chi connectivity index (χ2n) is 6.44. The van der Waals surface area contributed by atoms with Crippen LogP contribution in [0.4, 0.5) is 0 Å². The molecule has 0 unspecified atom stereocenters. The van der Waals surface area contributed by atoms with Crippen LogP contribution >= 0.6 is 0 Å².